The van der Waals surface area contributed by atoms with Gasteiger partial charge in [0.2, 0.25) is 0 Å². The van der Waals surface area contributed by atoms with E-state index in [1.54, 1.807) is 6.92 Å². The minimum atomic E-state index is -0.620. The molecule has 0 spiro atoms. The lowest BCUT2D eigenvalue weighted by Gasteiger charge is -2.00. The van der Waals surface area contributed by atoms with Gasteiger partial charge in [-0.15, -0.1) is 0 Å². The van der Waals surface area contributed by atoms with Crippen LogP contribution in [0.4, 0.5) is 0 Å². The van der Waals surface area contributed by atoms with Crippen molar-refractivity contribution in [1.29, 1.82) is 0 Å². The van der Waals surface area contributed by atoms with Crippen LogP contribution in [-0.2, 0) is 9.53 Å². The van der Waals surface area contributed by atoms with E-state index in [9.17, 15) is 14.7 Å². The number of ketones is 1. The zero-order valence-electron chi connectivity index (χ0n) is 9.61. The molecule has 0 unspecified atom stereocenters. The molecule has 1 rings (SSSR count). The van der Waals surface area contributed by atoms with E-state index in [0.717, 1.165) is 0 Å². The minimum absolute atomic E-state index is 0.0980. The molecule has 0 aliphatic heterocycles. The van der Waals surface area contributed by atoms with Crippen LogP contribution in [0.3, 0.4) is 0 Å². The molecule has 88 valence electrons. The summed E-state index contributed by atoms with van der Waals surface area (Å²) in [6.07, 6.45) is 0. The molecule has 1 aromatic rings. The predicted octanol–water partition coefficient (Wildman–Crippen LogP) is 1.51. The summed E-state index contributed by atoms with van der Waals surface area (Å²) < 4.78 is 4.64. The molecule has 1 N–H and O–H groups in total. The van der Waals surface area contributed by atoms with Crippen molar-refractivity contribution in [2.75, 3.05) is 6.61 Å². The van der Waals surface area contributed by atoms with Crippen LogP contribution in [0, 0.1) is 11.8 Å². The Morgan fingerprint density at radius 3 is 2.71 bits per heavy atom. The fourth-order valence-corrected chi connectivity index (χ4v) is 1.19. The van der Waals surface area contributed by atoms with Crippen LogP contribution < -0.4 is 0 Å². The predicted molar refractivity (Wildman–Crippen MR) is 61.6 cm³/mol. The molecule has 4 heteroatoms. The SMILES string of the molecule is CCOC(=O)C#Cc1ccc(O)c(C(C)=O)c1. The third-order valence-corrected chi connectivity index (χ3v) is 1.96. The first-order valence-corrected chi connectivity index (χ1v) is 5.07. The molecule has 0 bridgehead atoms. The minimum Gasteiger partial charge on any atom is -0.507 e. The van der Waals surface area contributed by atoms with Crippen LogP contribution in [0.2, 0.25) is 0 Å². The average molecular weight is 232 g/mol. The summed E-state index contributed by atoms with van der Waals surface area (Å²) in [5, 5.41) is 9.41. The molecule has 0 aliphatic carbocycles. The molecule has 17 heavy (non-hydrogen) atoms. The highest BCUT2D eigenvalue weighted by Gasteiger charge is 2.06. The third-order valence-electron chi connectivity index (χ3n) is 1.96. The van der Waals surface area contributed by atoms with Gasteiger partial charge in [0.25, 0.3) is 0 Å². The van der Waals surface area contributed by atoms with Gasteiger partial charge < -0.3 is 9.84 Å². The highest BCUT2D eigenvalue weighted by atomic mass is 16.5. The van der Waals surface area contributed by atoms with Crippen LogP contribution in [0.15, 0.2) is 18.2 Å². The number of carbonyl (C=O) groups is 2. The van der Waals surface area contributed by atoms with Crippen molar-refractivity contribution >= 4 is 11.8 Å². The monoisotopic (exact) mass is 232 g/mol. The van der Waals surface area contributed by atoms with Crippen molar-refractivity contribution in [2.24, 2.45) is 0 Å². The van der Waals surface area contributed by atoms with Crippen molar-refractivity contribution in [1.82, 2.24) is 0 Å². The summed E-state index contributed by atoms with van der Waals surface area (Å²) in [6.45, 7) is 3.30. The highest BCUT2D eigenvalue weighted by Crippen LogP contribution is 2.18. The second-order valence-corrected chi connectivity index (χ2v) is 3.26. The fraction of sp³-hybridized carbons (Fsp3) is 0.231. The van der Waals surface area contributed by atoms with E-state index in [2.05, 4.69) is 16.6 Å². The second-order valence-electron chi connectivity index (χ2n) is 3.26. The number of Topliss-reactive ketones (excluding diaryl/α,β-unsaturated/α-hetero) is 1. The second kappa shape index (κ2) is 5.71. The molecule has 0 fully saturated rings. The van der Waals surface area contributed by atoms with Gasteiger partial charge in [-0.1, -0.05) is 5.92 Å². The zero-order valence-corrected chi connectivity index (χ0v) is 9.61. The van der Waals surface area contributed by atoms with Crippen molar-refractivity contribution in [2.45, 2.75) is 13.8 Å². The molecule has 1 aromatic carbocycles. The lowest BCUT2D eigenvalue weighted by Crippen LogP contribution is -1.99. The first kappa shape index (κ1) is 12.8. The Morgan fingerprint density at radius 2 is 2.12 bits per heavy atom. The quantitative estimate of drug-likeness (QED) is 0.477. The van der Waals surface area contributed by atoms with E-state index in [0.29, 0.717) is 5.56 Å². The Balaban J connectivity index is 2.97. The van der Waals surface area contributed by atoms with Gasteiger partial charge >= 0.3 is 5.97 Å². The Kier molecular flexibility index (Phi) is 4.29. The van der Waals surface area contributed by atoms with E-state index in [1.165, 1.54) is 25.1 Å². The Hall–Kier alpha value is -2.28. The molecular weight excluding hydrogens is 220 g/mol. The van der Waals surface area contributed by atoms with Gasteiger partial charge in [-0.05, 0) is 32.0 Å². The summed E-state index contributed by atoms with van der Waals surface area (Å²) in [6, 6.07) is 4.32. The number of rotatable bonds is 2. The standard InChI is InChI=1S/C13H12O4/c1-3-17-13(16)7-5-10-4-6-12(15)11(8-10)9(2)14/h4,6,8,15H,3H2,1-2H3. The summed E-state index contributed by atoms with van der Waals surface area (Å²) in [7, 11) is 0. The van der Waals surface area contributed by atoms with E-state index in [-0.39, 0.29) is 23.7 Å². The van der Waals surface area contributed by atoms with Crippen molar-refractivity contribution in [3.05, 3.63) is 29.3 Å². The van der Waals surface area contributed by atoms with E-state index in [1.807, 2.05) is 0 Å². The number of hydrogen-bond acceptors (Lipinski definition) is 4. The molecule has 0 saturated carbocycles. The van der Waals surface area contributed by atoms with Crippen molar-refractivity contribution in [3.63, 3.8) is 0 Å². The van der Waals surface area contributed by atoms with E-state index in [4.69, 9.17) is 0 Å². The normalized spacial score (nSPS) is 9.06. The van der Waals surface area contributed by atoms with Crippen LogP contribution in [0.5, 0.6) is 5.75 Å². The van der Waals surface area contributed by atoms with Gasteiger partial charge in [0.15, 0.2) is 5.78 Å². The first-order chi connectivity index (χ1) is 8.04. The van der Waals surface area contributed by atoms with E-state index < -0.39 is 5.97 Å². The van der Waals surface area contributed by atoms with Crippen molar-refractivity contribution < 1.29 is 19.4 Å². The maximum atomic E-state index is 11.2. The lowest BCUT2D eigenvalue weighted by atomic mass is 10.1. The maximum Gasteiger partial charge on any atom is 0.384 e. The molecule has 0 radical (unpaired) electrons. The van der Waals surface area contributed by atoms with E-state index >= 15 is 0 Å². The number of phenolic OH excluding ortho intramolecular Hbond substituents is 1. The smallest absolute Gasteiger partial charge is 0.384 e. The van der Waals surface area contributed by atoms with Gasteiger partial charge in [0.05, 0.1) is 12.2 Å². The third kappa shape index (κ3) is 3.65. The Labute approximate surface area is 99.2 Å². The molecule has 4 nitrogen and oxygen atoms in total. The highest BCUT2D eigenvalue weighted by molar-refractivity contribution is 5.97. The number of ether oxygens (including phenoxy) is 1. The van der Waals surface area contributed by atoms with Crippen LogP contribution in [0.1, 0.15) is 29.8 Å². The molecule has 0 aliphatic rings. The number of carbonyl (C=O) groups excluding carboxylic acids is 2. The molecule has 0 atom stereocenters. The Bertz CT molecular complexity index is 506. The average Bonchev–Trinajstić information content (AvgIpc) is 2.28. The number of aromatic hydroxyl groups is 1. The van der Waals surface area contributed by atoms with Gasteiger partial charge in [-0.3, -0.25) is 4.79 Å². The van der Waals surface area contributed by atoms with Crippen molar-refractivity contribution in [3.8, 4) is 17.6 Å². The topological polar surface area (TPSA) is 63.6 Å². The van der Waals surface area contributed by atoms with Gasteiger partial charge in [-0.25, -0.2) is 4.79 Å². The summed E-state index contributed by atoms with van der Waals surface area (Å²) in [4.78, 5) is 22.1. The summed E-state index contributed by atoms with van der Waals surface area (Å²) in [5.74, 6) is 3.87. The fourth-order valence-electron chi connectivity index (χ4n) is 1.19. The van der Waals surface area contributed by atoms with Crippen LogP contribution in [-0.4, -0.2) is 23.5 Å². The Morgan fingerprint density at radius 1 is 1.41 bits per heavy atom. The number of phenols is 1. The maximum absolute atomic E-state index is 11.2. The number of benzene rings is 1. The van der Waals surface area contributed by atoms with Gasteiger partial charge in [0, 0.05) is 11.5 Å². The molecule has 0 aromatic heterocycles. The largest absolute Gasteiger partial charge is 0.507 e. The molecule has 0 saturated heterocycles. The number of esters is 1. The summed E-state index contributed by atoms with van der Waals surface area (Å²) >= 11 is 0. The molecule has 0 heterocycles. The number of hydrogen-bond donors (Lipinski definition) is 1. The molecular formula is C13H12O4. The van der Waals surface area contributed by atoms with Gasteiger partial charge in [0.1, 0.15) is 5.75 Å². The summed E-state index contributed by atoms with van der Waals surface area (Å²) in [5.41, 5.74) is 0.654. The lowest BCUT2D eigenvalue weighted by molar-refractivity contribution is -0.136. The van der Waals surface area contributed by atoms with Crippen LogP contribution in [0.25, 0.3) is 0 Å². The van der Waals surface area contributed by atoms with Crippen LogP contribution >= 0.6 is 0 Å². The van der Waals surface area contributed by atoms with Gasteiger partial charge in [-0.2, -0.15) is 0 Å². The molecule has 0 amide bonds. The first-order valence-electron chi connectivity index (χ1n) is 5.07. The zero-order chi connectivity index (χ0) is 12.8.